The minimum absolute atomic E-state index is 0.200. The summed E-state index contributed by atoms with van der Waals surface area (Å²) in [7, 11) is 0. The van der Waals surface area contributed by atoms with Crippen molar-refractivity contribution in [2.45, 2.75) is 24.7 Å². The first-order valence-corrected chi connectivity index (χ1v) is 8.62. The maximum atomic E-state index is 12.9. The van der Waals surface area contributed by atoms with E-state index in [1.807, 2.05) is 35.0 Å². The monoisotopic (exact) mass is 333 g/mol. The molecule has 0 aromatic carbocycles. The number of hydrazone groups is 1. The fraction of sp³-hybridized carbons (Fsp3) is 0.267. The minimum Gasteiger partial charge on any atom is -0.350 e. The minimum atomic E-state index is -0.690. The standard InChI is InChI=1S/C15H15N3O2S2/c16-15(20)18-17-9-7-10(12-3-1-5-21-12)14(19)11(8-9)13-4-2-6-22-13/h1-6,10-11H,7-8H2,(H3,16,18,20). The number of nitrogens with two attached hydrogens (primary N) is 1. The Hall–Kier alpha value is -1.99. The molecule has 5 nitrogen and oxygen atoms in total. The van der Waals surface area contributed by atoms with E-state index < -0.39 is 6.03 Å². The molecular formula is C15H15N3O2S2. The highest BCUT2D eigenvalue weighted by atomic mass is 32.1. The molecule has 0 saturated heterocycles. The average Bonchev–Trinajstić information content (AvgIpc) is 3.19. The Kier molecular flexibility index (Phi) is 4.35. The second-order valence-corrected chi connectivity index (χ2v) is 7.06. The van der Waals surface area contributed by atoms with Gasteiger partial charge in [0.15, 0.2) is 0 Å². The van der Waals surface area contributed by atoms with E-state index >= 15 is 0 Å². The molecule has 2 aromatic heterocycles. The highest BCUT2D eigenvalue weighted by molar-refractivity contribution is 7.10. The van der Waals surface area contributed by atoms with Gasteiger partial charge in [-0.25, -0.2) is 10.2 Å². The van der Waals surface area contributed by atoms with E-state index in [1.54, 1.807) is 22.7 Å². The summed E-state index contributed by atoms with van der Waals surface area (Å²) in [4.78, 5) is 25.8. The van der Waals surface area contributed by atoms with Crippen molar-refractivity contribution in [1.82, 2.24) is 5.43 Å². The molecule has 2 atom stereocenters. The van der Waals surface area contributed by atoms with Gasteiger partial charge in [0.05, 0.1) is 11.8 Å². The van der Waals surface area contributed by atoms with Crippen LogP contribution in [0.2, 0.25) is 0 Å². The molecule has 3 N–H and O–H groups in total. The molecule has 2 aromatic rings. The van der Waals surface area contributed by atoms with Gasteiger partial charge in [0, 0.05) is 28.3 Å². The molecule has 2 amide bonds. The van der Waals surface area contributed by atoms with E-state index in [2.05, 4.69) is 10.5 Å². The van der Waals surface area contributed by atoms with Crippen molar-refractivity contribution in [2.24, 2.45) is 10.8 Å². The number of ketones is 1. The number of nitrogens with zero attached hydrogens (tertiary/aromatic N) is 1. The number of primary amides is 1. The summed E-state index contributed by atoms with van der Waals surface area (Å²) in [5.74, 6) is -0.175. The highest BCUT2D eigenvalue weighted by Gasteiger charge is 2.37. The third-order valence-electron chi connectivity index (χ3n) is 3.66. The van der Waals surface area contributed by atoms with Crippen molar-refractivity contribution < 1.29 is 9.59 Å². The van der Waals surface area contributed by atoms with Gasteiger partial charge in [0.2, 0.25) is 0 Å². The first kappa shape index (κ1) is 14.9. The van der Waals surface area contributed by atoms with Gasteiger partial charge in [-0.1, -0.05) is 12.1 Å². The van der Waals surface area contributed by atoms with Gasteiger partial charge in [-0.3, -0.25) is 4.79 Å². The Morgan fingerprint density at radius 3 is 2.09 bits per heavy atom. The van der Waals surface area contributed by atoms with Crippen LogP contribution in [0.15, 0.2) is 40.1 Å². The van der Waals surface area contributed by atoms with Crippen LogP contribution in [-0.4, -0.2) is 17.5 Å². The van der Waals surface area contributed by atoms with Gasteiger partial charge >= 0.3 is 6.03 Å². The maximum absolute atomic E-state index is 12.9. The molecule has 1 fully saturated rings. The van der Waals surface area contributed by atoms with Crippen LogP contribution < -0.4 is 11.2 Å². The number of nitrogens with one attached hydrogen (secondary N) is 1. The van der Waals surface area contributed by atoms with Crippen LogP contribution in [0.5, 0.6) is 0 Å². The maximum Gasteiger partial charge on any atom is 0.332 e. The predicted molar refractivity (Wildman–Crippen MR) is 88.5 cm³/mol. The van der Waals surface area contributed by atoms with E-state index in [-0.39, 0.29) is 17.6 Å². The Morgan fingerprint density at radius 2 is 1.68 bits per heavy atom. The fourth-order valence-corrected chi connectivity index (χ4v) is 4.36. The number of carbonyl (C=O) groups excluding carboxylic acids is 2. The van der Waals surface area contributed by atoms with Crippen LogP contribution in [0, 0.1) is 0 Å². The predicted octanol–water partition coefficient (Wildman–Crippen LogP) is 3.06. The summed E-state index contributed by atoms with van der Waals surface area (Å²) in [6.07, 6.45) is 1.06. The van der Waals surface area contributed by atoms with E-state index in [1.165, 1.54) is 0 Å². The summed E-state index contributed by atoms with van der Waals surface area (Å²) in [5, 5.41) is 8.02. The number of urea groups is 1. The van der Waals surface area contributed by atoms with Gasteiger partial charge in [0.1, 0.15) is 5.78 Å². The van der Waals surface area contributed by atoms with Crippen LogP contribution in [-0.2, 0) is 4.79 Å². The number of amides is 2. The van der Waals surface area contributed by atoms with Crippen molar-refractivity contribution in [3.05, 3.63) is 44.8 Å². The lowest BCUT2D eigenvalue weighted by atomic mass is 9.77. The number of Topliss-reactive ketones (excluding diaryl/α,β-unsaturated/α-hetero) is 1. The first-order chi connectivity index (χ1) is 10.6. The second-order valence-electron chi connectivity index (χ2n) is 5.10. The molecule has 1 aliphatic rings. The quantitative estimate of drug-likeness (QED) is 0.846. The van der Waals surface area contributed by atoms with Crippen LogP contribution >= 0.6 is 22.7 Å². The Balaban J connectivity index is 1.92. The van der Waals surface area contributed by atoms with Crippen molar-refractivity contribution in [3.8, 4) is 0 Å². The van der Waals surface area contributed by atoms with Crippen molar-refractivity contribution in [3.63, 3.8) is 0 Å². The zero-order chi connectivity index (χ0) is 15.5. The zero-order valence-corrected chi connectivity index (χ0v) is 13.3. The van der Waals surface area contributed by atoms with Gasteiger partial charge in [-0.05, 0) is 22.9 Å². The normalized spacial score (nSPS) is 21.6. The van der Waals surface area contributed by atoms with Crippen LogP contribution in [0.25, 0.3) is 0 Å². The SMILES string of the molecule is NC(=O)NN=C1CC(c2cccs2)C(=O)C(c2cccs2)C1. The number of carbonyl (C=O) groups is 2. The van der Waals surface area contributed by atoms with Crippen LogP contribution in [0.3, 0.4) is 0 Å². The number of hydrogen-bond acceptors (Lipinski definition) is 5. The van der Waals surface area contributed by atoms with E-state index in [0.29, 0.717) is 12.8 Å². The van der Waals surface area contributed by atoms with Gasteiger partial charge in [0.25, 0.3) is 0 Å². The summed E-state index contributed by atoms with van der Waals surface area (Å²) >= 11 is 3.15. The number of hydrogen-bond donors (Lipinski definition) is 2. The summed E-state index contributed by atoms with van der Waals surface area (Å²) in [6.45, 7) is 0. The van der Waals surface area contributed by atoms with E-state index in [0.717, 1.165) is 15.5 Å². The molecule has 0 aliphatic heterocycles. The molecule has 0 radical (unpaired) electrons. The van der Waals surface area contributed by atoms with Crippen molar-refractivity contribution >= 4 is 40.2 Å². The molecule has 1 saturated carbocycles. The third-order valence-corrected chi connectivity index (χ3v) is 5.64. The summed E-state index contributed by atoms with van der Waals surface area (Å²) in [5.41, 5.74) is 8.16. The molecule has 0 spiro atoms. The second kappa shape index (κ2) is 6.41. The van der Waals surface area contributed by atoms with Gasteiger partial charge in [-0.2, -0.15) is 5.10 Å². The first-order valence-electron chi connectivity index (χ1n) is 6.86. The Morgan fingerprint density at radius 1 is 1.14 bits per heavy atom. The molecule has 22 heavy (non-hydrogen) atoms. The molecule has 0 bridgehead atoms. The number of thiophene rings is 2. The topological polar surface area (TPSA) is 84.6 Å². The Labute approximate surface area is 135 Å². The van der Waals surface area contributed by atoms with Crippen molar-refractivity contribution in [2.75, 3.05) is 0 Å². The molecule has 3 rings (SSSR count). The van der Waals surface area contributed by atoms with Crippen LogP contribution in [0.1, 0.15) is 34.4 Å². The molecule has 114 valence electrons. The summed E-state index contributed by atoms with van der Waals surface area (Å²) in [6, 6.07) is 7.15. The average molecular weight is 333 g/mol. The third kappa shape index (κ3) is 3.10. The van der Waals surface area contributed by atoms with E-state index in [4.69, 9.17) is 5.73 Å². The largest absolute Gasteiger partial charge is 0.350 e. The van der Waals surface area contributed by atoms with Crippen molar-refractivity contribution in [1.29, 1.82) is 0 Å². The molecule has 7 heteroatoms. The van der Waals surface area contributed by atoms with E-state index in [9.17, 15) is 9.59 Å². The molecular weight excluding hydrogens is 318 g/mol. The molecule has 1 aliphatic carbocycles. The fourth-order valence-electron chi connectivity index (χ4n) is 2.68. The summed E-state index contributed by atoms with van der Waals surface area (Å²) < 4.78 is 0. The Bertz CT molecular complexity index is 644. The molecule has 2 unspecified atom stereocenters. The lowest BCUT2D eigenvalue weighted by Crippen LogP contribution is -2.32. The van der Waals surface area contributed by atoms with Gasteiger partial charge in [-0.15, -0.1) is 22.7 Å². The highest BCUT2D eigenvalue weighted by Crippen LogP contribution is 2.40. The van der Waals surface area contributed by atoms with Crippen LogP contribution in [0.4, 0.5) is 4.79 Å². The smallest absolute Gasteiger partial charge is 0.332 e. The number of rotatable bonds is 3. The molecule has 2 heterocycles. The lowest BCUT2D eigenvalue weighted by Gasteiger charge is -2.27. The lowest BCUT2D eigenvalue weighted by molar-refractivity contribution is -0.122. The zero-order valence-electron chi connectivity index (χ0n) is 11.7. The van der Waals surface area contributed by atoms with Gasteiger partial charge < -0.3 is 5.73 Å².